The Bertz CT molecular complexity index is 367. The number of isocyanates is 1. The van der Waals surface area contributed by atoms with Crippen LogP contribution in [0.3, 0.4) is 0 Å². The molecule has 0 rings (SSSR count). The average molecular weight is 244 g/mol. The maximum Gasteiger partial charge on any atom is 0.340 e. The molecule has 0 saturated heterocycles. The highest BCUT2D eigenvalue weighted by atomic mass is 16.6. The molecule has 0 aliphatic rings. The lowest BCUT2D eigenvalue weighted by Gasteiger charge is -2.29. The number of aliphatic carboxylic acids is 1. The van der Waals surface area contributed by atoms with E-state index < -0.39 is 29.1 Å². The second kappa shape index (κ2) is 5.07. The van der Waals surface area contributed by atoms with Crippen molar-refractivity contribution in [3.8, 4) is 0 Å². The number of hydrogen-bond donors (Lipinski definition) is 2. The van der Waals surface area contributed by atoms with Crippen molar-refractivity contribution in [2.45, 2.75) is 44.9 Å². The molecule has 0 aromatic carbocycles. The number of nitrogens with two attached hydrogens (primary N) is 1. The quantitative estimate of drug-likeness (QED) is 0.307. The van der Waals surface area contributed by atoms with E-state index in [-0.39, 0.29) is 0 Å². The molecule has 0 aliphatic carbocycles. The zero-order valence-electron chi connectivity index (χ0n) is 10.2. The molecular weight excluding hydrogens is 228 g/mol. The van der Waals surface area contributed by atoms with Crippen LogP contribution in [0.15, 0.2) is 4.99 Å². The van der Waals surface area contributed by atoms with Crippen LogP contribution in [0.2, 0.25) is 0 Å². The summed E-state index contributed by atoms with van der Waals surface area (Å²) in [4.78, 5) is 36.0. The normalized spacial score (nSPS) is 16.3. The molecule has 0 bridgehead atoms. The van der Waals surface area contributed by atoms with Gasteiger partial charge in [0.05, 0.1) is 6.04 Å². The van der Waals surface area contributed by atoms with E-state index in [0.717, 1.165) is 0 Å². The monoisotopic (exact) mass is 244 g/mol. The Kier molecular flexibility index (Phi) is 4.56. The lowest BCUT2D eigenvalue weighted by molar-refractivity contribution is -0.169. The maximum absolute atomic E-state index is 11.7. The number of hydrogen-bond acceptors (Lipinski definition) is 6. The molecule has 2 unspecified atom stereocenters. The summed E-state index contributed by atoms with van der Waals surface area (Å²) in [6, 6.07) is -1.27. The number of esters is 1. The number of carbonyl (C=O) groups excluding carboxylic acids is 2. The van der Waals surface area contributed by atoms with E-state index in [4.69, 9.17) is 15.6 Å². The van der Waals surface area contributed by atoms with Gasteiger partial charge in [-0.3, -0.25) is 0 Å². The second-order valence-electron chi connectivity index (χ2n) is 4.57. The van der Waals surface area contributed by atoms with Crippen molar-refractivity contribution in [3.63, 3.8) is 0 Å². The minimum absolute atomic E-state index is 0.887. The summed E-state index contributed by atoms with van der Waals surface area (Å²) in [5, 5.41) is 8.98. The van der Waals surface area contributed by atoms with Crippen LogP contribution in [0.4, 0.5) is 0 Å². The summed E-state index contributed by atoms with van der Waals surface area (Å²) < 4.78 is 4.90. The number of ether oxygens (including phenoxy) is 1. The lowest BCUT2D eigenvalue weighted by Crippen LogP contribution is -2.63. The zero-order valence-corrected chi connectivity index (χ0v) is 10.2. The van der Waals surface area contributed by atoms with Crippen molar-refractivity contribution < 1.29 is 24.2 Å². The van der Waals surface area contributed by atoms with Gasteiger partial charge in [-0.1, -0.05) is 0 Å². The molecule has 0 aromatic heterocycles. The standard InChI is InChI=1S/C10H16N2O5/c1-6(12-5-13)10(11,7(14)15)8(16)17-9(2,3)4/h6H,11H2,1-4H3,(H,14,15). The van der Waals surface area contributed by atoms with Gasteiger partial charge in [0.15, 0.2) is 0 Å². The van der Waals surface area contributed by atoms with Gasteiger partial charge >= 0.3 is 11.9 Å². The van der Waals surface area contributed by atoms with Crippen LogP contribution in [-0.4, -0.2) is 40.3 Å². The predicted molar refractivity (Wildman–Crippen MR) is 58.0 cm³/mol. The van der Waals surface area contributed by atoms with Gasteiger partial charge < -0.3 is 15.6 Å². The van der Waals surface area contributed by atoms with Gasteiger partial charge in [-0.25, -0.2) is 14.4 Å². The van der Waals surface area contributed by atoms with Crippen LogP contribution in [-0.2, 0) is 19.1 Å². The number of nitrogens with zero attached hydrogens (tertiary/aromatic N) is 1. The highest BCUT2D eigenvalue weighted by Crippen LogP contribution is 2.18. The molecule has 0 amide bonds. The number of aliphatic imine (C=N–C) groups is 1. The van der Waals surface area contributed by atoms with E-state index in [0.29, 0.717) is 0 Å². The molecule has 0 fully saturated rings. The summed E-state index contributed by atoms with van der Waals surface area (Å²) in [5.74, 6) is -2.76. The molecule has 0 aliphatic heterocycles. The van der Waals surface area contributed by atoms with Gasteiger partial charge in [0.1, 0.15) is 5.60 Å². The summed E-state index contributed by atoms with van der Waals surface area (Å²) in [6.07, 6.45) is 1.17. The topological polar surface area (TPSA) is 119 Å². The first kappa shape index (κ1) is 15.3. The number of rotatable bonds is 4. The van der Waals surface area contributed by atoms with E-state index in [1.54, 1.807) is 20.8 Å². The van der Waals surface area contributed by atoms with Gasteiger partial charge in [-0.2, -0.15) is 4.99 Å². The number of carboxylic acids is 1. The van der Waals surface area contributed by atoms with Crippen molar-refractivity contribution >= 4 is 18.0 Å². The molecule has 7 heteroatoms. The highest BCUT2D eigenvalue weighted by Gasteiger charge is 2.50. The van der Waals surface area contributed by atoms with Gasteiger partial charge in [0, 0.05) is 0 Å². The third-order valence-electron chi connectivity index (χ3n) is 2.00. The van der Waals surface area contributed by atoms with Crippen LogP contribution in [0.25, 0.3) is 0 Å². The number of carboxylic acid groups (broad SMARTS) is 1. The number of carbonyl (C=O) groups is 2. The Morgan fingerprint density at radius 2 is 1.88 bits per heavy atom. The summed E-state index contributed by atoms with van der Waals surface area (Å²) in [7, 11) is 0. The molecule has 0 saturated carbocycles. The minimum atomic E-state index is -2.40. The third kappa shape index (κ3) is 3.65. The summed E-state index contributed by atoms with van der Waals surface area (Å²) >= 11 is 0. The SMILES string of the molecule is CC(N=C=O)C(N)(C(=O)O)C(=O)OC(C)(C)C. The molecule has 0 spiro atoms. The second-order valence-corrected chi connectivity index (χ2v) is 4.57. The van der Waals surface area contributed by atoms with Gasteiger partial charge in [0.25, 0.3) is 0 Å². The fourth-order valence-corrected chi connectivity index (χ4v) is 0.980. The van der Waals surface area contributed by atoms with Crippen LogP contribution >= 0.6 is 0 Å². The fraction of sp³-hybridized carbons (Fsp3) is 0.700. The Morgan fingerprint density at radius 1 is 1.41 bits per heavy atom. The molecule has 0 aromatic rings. The molecule has 17 heavy (non-hydrogen) atoms. The van der Waals surface area contributed by atoms with Crippen molar-refractivity contribution in [1.29, 1.82) is 0 Å². The summed E-state index contributed by atoms with van der Waals surface area (Å²) in [6.45, 7) is 5.94. The fourth-order valence-electron chi connectivity index (χ4n) is 0.980. The van der Waals surface area contributed by atoms with E-state index in [1.165, 1.54) is 13.0 Å². The van der Waals surface area contributed by atoms with Crippen LogP contribution < -0.4 is 5.73 Å². The Balaban J connectivity index is 5.29. The Hall–Kier alpha value is -1.72. The van der Waals surface area contributed by atoms with Crippen molar-refractivity contribution in [2.75, 3.05) is 0 Å². The molecular formula is C10H16N2O5. The predicted octanol–water partition coefficient (Wildman–Crippen LogP) is -0.165. The first-order chi connectivity index (χ1) is 7.55. The molecule has 2 atom stereocenters. The molecule has 7 nitrogen and oxygen atoms in total. The van der Waals surface area contributed by atoms with E-state index in [1.807, 2.05) is 0 Å². The summed E-state index contributed by atoms with van der Waals surface area (Å²) in [5.41, 5.74) is 2.19. The molecule has 0 heterocycles. The first-order valence-electron chi connectivity index (χ1n) is 4.88. The Morgan fingerprint density at radius 3 is 2.18 bits per heavy atom. The largest absolute Gasteiger partial charge is 0.479 e. The van der Waals surface area contributed by atoms with Crippen LogP contribution in [0.1, 0.15) is 27.7 Å². The van der Waals surface area contributed by atoms with E-state index in [2.05, 4.69) is 4.99 Å². The van der Waals surface area contributed by atoms with Crippen molar-refractivity contribution in [2.24, 2.45) is 10.7 Å². The minimum Gasteiger partial charge on any atom is -0.479 e. The van der Waals surface area contributed by atoms with Gasteiger partial charge in [0.2, 0.25) is 11.6 Å². The van der Waals surface area contributed by atoms with Crippen molar-refractivity contribution in [3.05, 3.63) is 0 Å². The van der Waals surface area contributed by atoms with Crippen LogP contribution in [0.5, 0.6) is 0 Å². The molecule has 0 radical (unpaired) electrons. The Labute approximate surface area is 98.7 Å². The van der Waals surface area contributed by atoms with Gasteiger partial charge in [-0.05, 0) is 27.7 Å². The molecule has 96 valence electrons. The van der Waals surface area contributed by atoms with E-state index in [9.17, 15) is 14.4 Å². The van der Waals surface area contributed by atoms with Crippen LogP contribution in [0, 0.1) is 0 Å². The van der Waals surface area contributed by atoms with Gasteiger partial charge in [-0.15, -0.1) is 0 Å². The lowest BCUT2D eigenvalue weighted by atomic mass is 9.92. The molecule has 3 N–H and O–H groups in total. The average Bonchev–Trinajstić information content (AvgIpc) is 2.13. The highest BCUT2D eigenvalue weighted by molar-refractivity contribution is 6.05. The third-order valence-corrected chi connectivity index (χ3v) is 2.00. The maximum atomic E-state index is 11.7. The smallest absolute Gasteiger partial charge is 0.340 e. The zero-order chi connectivity index (χ0) is 13.9. The van der Waals surface area contributed by atoms with Crippen molar-refractivity contribution in [1.82, 2.24) is 0 Å². The first-order valence-corrected chi connectivity index (χ1v) is 4.88. The van der Waals surface area contributed by atoms with E-state index >= 15 is 0 Å².